The van der Waals surface area contributed by atoms with Crippen molar-refractivity contribution in [3.63, 3.8) is 0 Å². The fourth-order valence-electron chi connectivity index (χ4n) is 3.08. The maximum atomic E-state index is 12.7. The molecule has 28 heavy (non-hydrogen) atoms. The first-order valence-electron chi connectivity index (χ1n) is 8.84. The van der Waals surface area contributed by atoms with Crippen LogP contribution in [-0.4, -0.2) is 32.9 Å². The zero-order valence-electron chi connectivity index (χ0n) is 15.4. The van der Waals surface area contributed by atoms with Crippen molar-refractivity contribution in [2.24, 2.45) is 5.14 Å². The monoisotopic (exact) mass is 404 g/mol. The summed E-state index contributed by atoms with van der Waals surface area (Å²) in [6.07, 6.45) is 0.104. The number of nitrogens with zero attached hydrogens (tertiary/aromatic N) is 1. The molecule has 1 aliphatic rings. The van der Waals surface area contributed by atoms with Gasteiger partial charge >= 0.3 is 0 Å². The molecule has 0 saturated carbocycles. The zero-order valence-corrected chi connectivity index (χ0v) is 16.2. The lowest BCUT2D eigenvalue weighted by molar-refractivity contribution is -0.690. The smallest absolute Gasteiger partial charge is 0.292 e. The van der Waals surface area contributed by atoms with Crippen LogP contribution in [0.2, 0.25) is 0 Å². The molecule has 4 N–H and O–H groups in total. The Balaban J connectivity index is 1.67. The number of benzene rings is 2. The number of rotatable bonds is 7. The number of hydrogen-bond donors (Lipinski definition) is 2. The molecular weight excluding hydrogens is 382 g/mol. The lowest BCUT2D eigenvalue weighted by Crippen LogP contribution is -2.90. The average molecular weight is 404 g/mol. The van der Waals surface area contributed by atoms with E-state index in [0.29, 0.717) is 24.6 Å². The van der Waals surface area contributed by atoms with Crippen molar-refractivity contribution >= 4 is 27.5 Å². The number of primary sulfonamides is 1. The Bertz CT molecular complexity index is 989. The molecule has 1 aliphatic heterocycles. The number of sulfonamides is 1. The van der Waals surface area contributed by atoms with Gasteiger partial charge in [0.05, 0.1) is 23.6 Å². The van der Waals surface area contributed by atoms with Crippen molar-refractivity contribution in [1.29, 1.82) is 0 Å². The van der Waals surface area contributed by atoms with Crippen molar-refractivity contribution in [3.8, 4) is 5.75 Å². The number of quaternary nitrogens is 1. The molecule has 148 valence electrons. The summed E-state index contributed by atoms with van der Waals surface area (Å²) >= 11 is 0. The minimum Gasteiger partial charge on any atom is -0.494 e. The average Bonchev–Trinajstić information content (AvgIpc) is 2.93. The van der Waals surface area contributed by atoms with Gasteiger partial charge in [-0.3, -0.25) is 9.59 Å². The highest BCUT2D eigenvalue weighted by molar-refractivity contribution is 7.89. The Labute approximate surface area is 163 Å². The molecule has 2 aromatic carbocycles. The van der Waals surface area contributed by atoms with E-state index in [2.05, 4.69) is 0 Å². The topological polar surface area (TPSA) is 123 Å². The Morgan fingerprint density at radius 3 is 2.54 bits per heavy atom. The van der Waals surface area contributed by atoms with Gasteiger partial charge < -0.3 is 10.1 Å². The van der Waals surface area contributed by atoms with Gasteiger partial charge in [0.15, 0.2) is 6.04 Å². The molecule has 2 amide bonds. The highest BCUT2D eigenvalue weighted by Gasteiger charge is 2.42. The van der Waals surface area contributed by atoms with Crippen LogP contribution in [0.25, 0.3) is 0 Å². The SMILES string of the molecule is CCOc1cccc(N2C(=O)C[C@@H]([NH2+]Cc3ccc(S(N)(=O)=O)cc3)C2=O)c1. The van der Waals surface area contributed by atoms with Crippen LogP contribution in [0.4, 0.5) is 5.69 Å². The predicted molar refractivity (Wildman–Crippen MR) is 102 cm³/mol. The number of hydrogen-bond acceptors (Lipinski definition) is 5. The van der Waals surface area contributed by atoms with E-state index in [0.717, 1.165) is 5.56 Å². The van der Waals surface area contributed by atoms with E-state index in [4.69, 9.17) is 9.88 Å². The van der Waals surface area contributed by atoms with Crippen molar-refractivity contribution in [2.45, 2.75) is 30.8 Å². The van der Waals surface area contributed by atoms with Crippen LogP contribution in [0.5, 0.6) is 5.75 Å². The van der Waals surface area contributed by atoms with E-state index in [-0.39, 0.29) is 23.1 Å². The van der Waals surface area contributed by atoms with Crippen molar-refractivity contribution in [2.75, 3.05) is 11.5 Å². The molecule has 0 spiro atoms. The lowest BCUT2D eigenvalue weighted by Gasteiger charge is -2.15. The van der Waals surface area contributed by atoms with Crippen LogP contribution < -0.4 is 20.1 Å². The second-order valence-corrected chi connectivity index (χ2v) is 8.00. The number of imide groups is 1. The molecule has 2 aromatic rings. The molecule has 0 aromatic heterocycles. The maximum Gasteiger partial charge on any atom is 0.292 e. The van der Waals surface area contributed by atoms with Crippen LogP contribution in [0.1, 0.15) is 18.9 Å². The van der Waals surface area contributed by atoms with E-state index in [9.17, 15) is 18.0 Å². The molecule has 0 radical (unpaired) electrons. The molecule has 0 bridgehead atoms. The predicted octanol–water partition coefficient (Wildman–Crippen LogP) is 0.128. The first-order valence-corrected chi connectivity index (χ1v) is 10.4. The molecule has 1 fully saturated rings. The van der Waals surface area contributed by atoms with Gasteiger partial charge in [0.2, 0.25) is 15.9 Å². The van der Waals surface area contributed by atoms with Gasteiger partial charge in [0, 0.05) is 11.6 Å². The van der Waals surface area contributed by atoms with E-state index < -0.39 is 16.1 Å². The minimum atomic E-state index is -3.74. The van der Waals surface area contributed by atoms with E-state index in [1.807, 2.05) is 6.92 Å². The van der Waals surface area contributed by atoms with Crippen molar-refractivity contribution in [1.82, 2.24) is 0 Å². The Hall–Kier alpha value is -2.75. The van der Waals surface area contributed by atoms with Crippen LogP contribution in [0.3, 0.4) is 0 Å². The van der Waals surface area contributed by atoms with Crippen LogP contribution in [0.15, 0.2) is 53.4 Å². The third-order valence-electron chi connectivity index (χ3n) is 4.46. The third-order valence-corrected chi connectivity index (χ3v) is 5.39. The summed E-state index contributed by atoms with van der Waals surface area (Å²) in [5.41, 5.74) is 1.32. The number of ether oxygens (including phenoxy) is 1. The number of amides is 2. The Kier molecular flexibility index (Phi) is 5.78. The summed E-state index contributed by atoms with van der Waals surface area (Å²) in [4.78, 5) is 26.3. The second-order valence-electron chi connectivity index (χ2n) is 6.44. The fraction of sp³-hybridized carbons (Fsp3) is 0.263. The quantitative estimate of drug-likeness (QED) is 0.635. The van der Waals surface area contributed by atoms with Crippen molar-refractivity contribution < 1.29 is 28.1 Å². The largest absolute Gasteiger partial charge is 0.494 e. The summed E-state index contributed by atoms with van der Waals surface area (Å²) in [6.45, 7) is 2.78. The van der Waals surface area contributed by atoms with Crippen LogP contribution in [0, 0.1) is 0 Å². The molecule has 3 rings (SSSR count). The van der Waals surface area contributed by atoms with Gasteiger partial charge in [-0.25, -0.2) is 18.5 Å². The summed E-state index contributed by atoms with van der Waals surface area (Å²) < 4.78 is 28.0. The zero-order chi connectivity index (χ0) is 20.3. The highest BCUT2D eigenvalue weighted by atomic mass is 32.2. The van der Waals surface area contributed by atoms with E-state index in [1.165, 1.54) is 17.0 Å². The lowest BCUT2D eigenvalue weighted by atomic mass is 10.2. The Morgan fingerprint density at radius 2 is 1.89 bits per heavy atom. The molecule has 8 nitrogen and oxygen atoms in total. The van der Waals surface area contributed by atoms with Gasteiger partial charge in [0.1, 0.15) is 12.3 Å². The summed E-state index contributed by atoms with van der Waals surface area (Å²) in [5.74, 6) is 0.0623. The summed E-state index contributed by atoms with van der Waals surface area (Å²) in [6, 6.07) is 12.5. The van der Waals surface area contributed by atoms with Crippen LogP contribution in [-0.2, 0) is 26.2 Å². The molecule has 0 aliphatic carbocycles. The number of carbonyl (C=O) groups is 2. The maximum absolute atomic E-state index is 12.7. The molecular formula is C19H22N3O5S+. The van der Waals surface area contributed by atoms with Crippen molar-refractivity contribution in [3.05, 3.63) is 54.1 Å². The first kappa shape index (κ1) is 20.0. The van der Waals surface area contributed by atoms with E-state index in [1.54, 1.807) is 41.7 Å². The van der Waals surface area contributed by atoms with Crippen LogP contribution >= 0.6 is 0 Å². The second kappa shape index (κ2) is 8.09. The summed E-state index contributed by atoms with van der Waals surface area (Å²) in [7, 11) is -3.74. The fourth-order valence-corrected chi connectivity index (χ4v) is 3.60. The number of nitrogens with two attached hydrogens (primary N) is 2. The molecule has 1 heterocycles. The normalized spacial score (nSPS) is 17.2. The molecule has 0 unspecified atom stereocenters. The molecule has 1 saturated heterocycles. The first-order chi connectivity index (χ1) is 13.3. The molecule has 1 atom stereocenters. The minimum absolute atomic E-state index is 0.0312. The third kappa shape index (κ3) is 4.38. The number of carbonyl (C=O) groups excluding carboxylic acids is 2. The van der Waals surface area contributed by atoms with Gasteiger partial charge in [-0.05, 0) is 31.2 Å². The standard InChI is InChI=1S/C19H21N3O5S/c1-2-27-15-5-3-4-14(10-15)22-18(23)11-17(19(22)24)21-12-13-6-8-16(9-7-13)28(20,25)26/h3-10,17,21H,2,11-12H2,1H3,(H2,20,25,26)/p+1/t17-/m1/s1. The van der Waals surface area contributed by atoms with Gasteiger partial charge in [-0.15, -0.1) is 0 Å². The Morgan fingerprint density at radius 1 is 1.18 bits per heavy atom. The van der Waals surface area contributed by atoms with Gasteiger partial charge in [0.25, 0.3) is 5.91 Å². The molecule has 9 heteroatoms. The number of anilines is 1. The van der Waals surface area contributed by atoms with Gasteiger partial charge in [-0.2, -0.15) is 0 Å². The van der Waals surface area contributed by atoms with E-state index >= 15 is 0 Å². The van der Waals surface area contributed by atoms with Gasteiger partial charge in [-0.1, -0.05) is 18.2 Å². The highest BCUT2D eigenvalue weighted by Crippen LogP contribution is 2.25. The summed E-state index contributed by atoms with van der Waals surface area (Å²) in [5, 5.41) is 6.86.